The Morgan fingerprint density at radius 2 is 1.60 bits per heavy atom. The molecule has 2 N–H and O–H groups in total. The van der Waals surface area contributed by atoms with Gasteiger partial charge in [-0.25, -0.2) is 4.98 Å². The van der Waals surface area contributed by atoms with E-state index < -0.39 is 0 Å². The monoisotopic (exact) mass is 355 g/mol. The number of anilines is 2. The number of rotatable bonds is 5. The van der Waals surface area contributed by atoms with Crippen molar-refractivity contribution >= 4 is 23.1 Å². The third-order valence-electron chi connectivity index (χ3n) is 5.61. The van der Waals surface area contributed by atoms with Crippen molar-refractivity contribution in [2.24, 2.45) is 0 Å². The molecule has 1 heterocycles. The molecule has 132 valence electrons. The average Bonchev–Trinajstić information content (AvgIpc) is 2.60. The van der Waals surface area contributed by atoms with E-state index in [-0.39, 0.29) is 0 Å². The van der Waals surface area contributed by atoms with E-state index in [1.807, 2.05) is 18.3 Å². The van der Waals surface area contributed by atoms with Crippen molar-refractivity contribution in [3.05, 3.63) is 53.2 Å². The summed E-state index contributed by atoms with van der Waals surface area (Å²) in [4.78, 5) is 4.56. The van der Waals surface area contributed by atoms with E-state index in [4.69, 9.17) is 11.6 Å². The van der Waals surface area contributed by atoms with Crippen LogP contribution < -0.4 is 10.6 Å². The predicted molar refractivity (Wildman–Crippen MR) is 106 cm³/mol. The van der Waals surface area contributed by atoms with Crippen LogP contribution in [0.1, 0.15) is 56.4 Å². The Morgan fingerprint density at radius 1 is 0.840 bits per heavy atom. The summed E-state index contributed by atoms with van der Waals surface area (Å²) >= 11 is 6.02. The second kappa shape index (κ2) is 7.65. The van der Waals surface area contributed by atoms with Crippen molar-refractivity contribution in [3.63, 3.8) is 0 Å². The highest BCUT2D eigenvalue weighted by molar-refractivity contribution is 6.30. The minimum atomic E-state index is 0.515. The first-order valence-corrected chi connectivity index (χ1v) is 9.88. The van der Waals surface area contributed by atoms with Crippen molar-refractivity contribution in [1.82, 2.24) is 4.98 Å². The van der Waals surface area contributed by atoms with Gasteiger partial charge in [0.1, 0.15) is 5.82 Å². The highest BCUT2D eigenvalue weighted by Gasteiger charge is 2.23. The molecule has 2 atom stereocenters. The molecule has 0 radical (unpaired) electrons. The summed E-state index contributed by atoms with van der Waals surface area (Å²) in [5, 5.41) is 7.99. The highest BCUT2D eigenvalue weighted by atomic mass is 35.5. The third kappa shape index (κ3) is 4.27. The van der Waals surface area contributed by atoms with Crippen molar-refractivity contribution in [2.75, 3.05) is 10.6 Å². The SMILES string of the molecule is Clc1ccc(C2CCCC(Nc3ccc(NC4CCC4)nc3)C2)cc1. The van der Waals surface area contributed by atoms with Gasteiger partial charge in [0, 0.05) is 17.1 Å². The maximum absolute atomic E-state index is 6.02. The van der Waals surface area contributed by atoms with Crippen molar-refractivity contribution < 1.29 is 0 Å². The van der Waals surface area contributed by atoms with Gasteiger partial charge in [0.25, 0.3) is 0 Å². The number of hydrogen-bond acceptors (Lipinski definition) is 3. The molecule has 2 aliphatic carbocycles. The van der Waals surface area contributed by atoms with Gasteiger partial charge in [0.15, 0.2) is 0 Å². The van der Waals surface area contributed by atoms with Gasteiger partial charge < -0.3 is 10.6 Å². The fraction of sp³-hybridized carbons (Fsp3) is 0.476. The lowest BCUT2D eigenvalue weighted by Crippen LogP contribution is -2.28. The van der Waals surface area contributed by atoms with E-state index in [1.165, 1.54) is 50.5 Å². The van der Waals surface area contributed by atoms with Gasteiger partial charge >= 0.3 is 0 Å². The summed E-state index contributed by atoms with van der Waals surface area (Å²) in [7, 11) is 0. The second-order valence-electron chi connectivity index (χ2n) is 7.46. The quantitative estimate of drug-likeness (QED) is 0.707. The highest BCUT2D eigenvalue weighted by Crippen LogP contribution is 2.34. The summed E-state index contributed by atoms with van der Waals surface area (Å²) in [6.45, 7) is 0. The second-order valence-corrected chi connectivity index (χ2v) is 7.90. The Labute approximate surface area is 155 Å². The first-order chi connectivity index (χ1) is 12.3. The van der Waals surface area contributed by atoms with E-state index >= 15 is 0 Å². The van der Waals surface area contributed by atoms with E-state index in [1.54, 1.807) is 0 Å². The fourth-order valence-electron chi connectivity index (χ4n) is 3.92. The van der Waals surface area contributed by atoms with Crippen molar-refractivity contribution in [2.45, 2.75) is 62.9 Å². The van der Waals surface area contributed by atoms with Crippen LogP contribution in [0.2, 0.25) is 5.02 Å². The Morgan fingerprint density at radius 3 is 2.28 bits per heavy atom. The van der Waals surface area contributed by atoms with Crippen LogP contribution >= 0.6 is 11.6 Å². The molecule has 0 bridgehead atoms. The molecule has 2 aliphatic rings. The zero-order chi connectivity index (χ0) is 17.1. The van der Waals surface area contributed by atoms with E-state index in [0.29, 0.717) is 18.0 Å². The van der Waals surface area contributed by atoms with Crippen LogP contribution in [0.4, 0.5) is 11.5 Å². The van der Waals surface area contributed by atoms with Crippen molar-refractivity contribution in [1.29, 1.82) is 0 Å². The van der Waals surface area contributed by atoms with Crippen LogP contribution in [-0.2, 0) is 0 Å². The number of nitrogens with zero attached hydrogens (tertiary/aromatic N) is 1. The molecule has 2 aromatic rings. The summed E-state index contributed by atoms with van der Waals surface area (Å²) < 4.78 is 0. The van der Waals surface area contributed by atoms with E-state index in [9.17, 15) is 0 Å². The van der Waals surface area contributed by atoms with Gasteiger partial charge in [-0.2, -0.15) is 0 Å². The minimum absolute atomic E-state index is 0.515. The van der Waals surface area contributed by atoms with Gasteiger partial charge in [-0.05, 0) is 74.3 Å². The van der Waals surface area contributed by atoms with Crippen LogP contribution in [0.15, 0.2) is 42.6 Å². The first kappa shape index (κ1) is 16.7. The largest absolute Gasteiger partial charge is 0.381 e. The summed E-state index contributed by atoms with van der Waals surface area (Å²) in [6.07, 6.45) is 10.8. The molecular weight excluding hydrogens is 330 g/mol. The van der Waals surface area contributed by atoms with Gasteiger partial charge in [-0.1, -0.05) is 30.2 Å². The average molecular weight is 356 g/mol. The zero-order valence-electron chi connectivity index (χ0n) is 14.5. The normalized spacial score (nSPS) is 23.7. The molecule has 3 nitrogen and oxygen atoms in total. The van der Waals surface area contributed by atoms with Crippen LogP contribution in [-0.4, -0.2) is 17.1 Å². The molecular formula is C21H26ClN3. The zero-order valence-corrected chi connectivity index (χ0v) is 15.3. The molecule has 1 aromatic carbocycles. The number of halogens is 1. The molecule has 2 fully saturated rings. The number of aromatic nitrogens is 1. The Kier molecular flexibility index (Phi) is 5.12. The Hall–Kier alpha value is -1.74. The van der Waals surface area contributed by atoms with Crippen LogP contribution in [0.5, 0.6) is 0 Å². The van der Waals surface area contributed by atoms with Crippen molar-refractivity contribution in [3.8, 4) is 0 Å². The smallest absolute Gasteiger partial charge is 0.126 e. The summed E-state index contributed by atoms with van der Waals surface area (Å²) in [5.41, 5.74) is 2.54. The predicted octanol–water partition coefficient (Wildman–Crippen LogP) is 5.84. The maximum atomic E-state index is 6.02. The lowest BCUT2D eigenvalue weighted by atomic mass is 9.81. The molecule has 0 spiro atoms. The lowest BCUT2D eigenvalue weighted by molar-refractivity contribution is 0.410. The number of hydrogen-bond donors (Lipinski definition) is 2. The summed E-state index contributed by atoms with van der Waals surface area (Å²) in [5.74, 6) is 1.62. The Balaban J connectivity index is 1.34. The topological polar surface area (TPSA) is 37.0 Å². The van der Waals surface area contributed by atoms with Crippen LogP contribution in [0.3, 0.4) is 0 Å². The molecule has 2 saturated carbocycles. The number of pyridine rings is 1. The first-order valence-electron chi connectivity index (χ1n) is 9.51. The van der Waals surface area contributed by atoms with E-state index in [2.05, 4.69) is 39.9 Å². The summed E-state index contributed by atoms with van der Waals surface area (Å²) in [6, 6.07) is 13.8. The molecule has 4 heteroatoms. The molecule has 4 rings (SSSR count). The molecule has 2 unspecified atom stereocenters. The molecule has 1 aromatic heterocycles. The van der Waals surface area contributed by atoms with Gasteiger partial charge in [0.2, 0.25) is 0 Å². The Bertz CT molecular complexity index is 679. The third-order valence-corrected chi connectivity index (χ3v) is 5.86. The van der Waals surface area contributed by atoms with E-state index in [0.717, 1.165) is 16.5 Å². The van der Waals surface area contributed by atoms with Gasteiger partial charge in [0.05, 0.1) is 11.9 Å². The van der Waals surface area contributed by atoms with Crippen LogP contribution in [0, 0.1) is 0 Å². The number of benzene rings is 1. The molecule has 0 amide bonds. The van der Waals surface area contributed by atoms with Crippen LogP contribution in [0.25, 0.3) is 0 Å². The lowest BCUT2D eigenvalue weighted by Gasteiger charge is -2.31. The maximum Gasteiger partial charge on any atom is 0.126 e. The molecule has 0 saturated heterocycles. The number of nitrogens with one attached hydrogen (secondary N) is 2. The van der Waals surface area contributed by atoms with Gasteiger partial charge in [-0.3, -0.25) is 0 Å². The fourth-order valence-corrected chi connectivity index (χ4v) is 4.05. The standard InChI is InChI=1S/C21H26ClN3/c22-17-9-7-15(8-10-17)16-3-1-6-19(13-16)24-20-11-12-21(23-14-20)25-18-4-2-5-18/h7-12,14,16,18-19,24H,1-6,13H2,(H,23,25). The molecule has 25 heavy (non-hydrogen) atoms. The minimum Gasteiger partial charge on any atom is -0.381 e. The molecule has 0 aliphatic heterocycles. The van der Waals surface area contributed by atoms with Gasteiger partial charge in [-0.15, -0.1) is 0 Å².